The van der Waals surface area contributed by atoms with E-state index in [0.29, 0.717) is 17.8 Å². The maximum atomic E-state index is 11.4. The van der Waals surface area contributed by atoms with E-state index in [4.69, 9.17) is 5.26 Å². The van der Waals surface area contributed by atoms with Crippen LogP contribution in [0.25, 0.3) is 0 Å². The fourth-order valence-corrected chi connectivity index (χ4v) is 4.00. The molecule has 0 bridgehead atoms. The number of nitrogens with one attached hydrogen (secondary N) is 1. The first-order valence-corrected chi connectivity index (χ1v) is 6.97. The van der Waals surface area contributed by atoms with Crippen LogP contribution >= 0.6 is 0 Å². The minimum Gasteiger partial charge on any atom is -0.361 e. The summed E-state index contributed by atoms with van der Waals surface area (Å²) in [5, 5.41) is 19.4. The number of nitrogens with zero attached hydrogens (tertiary/aromatic N) is 3. The Morgan fingerprint density at radius 1 is 1.59 bits per heavy atom. The summed E-state index contributed by atoms with van der Waals surface area (Å²) in [5.41, 5.74) is -0.203. The molecule has 90 valence electrons. The predicted molar refractivity (Wildman–Crippen MR) is 62.0 cm³/mol. The Labute approximate surface area is 99.6 Å². The third kappa shape index (κ3) is 2.53. The molecule has 2 rings (SSSR count). The zero-order valence-corrected chi connectivity index (χ0v) is 10.2. The van der Waals surface area contributed by atoms with Gasteiger partial charge in [-0.25, -0.2) is 8.42 Å². The SMILES string of the molecule is CC1(Nc2nnccc2C#N)CCS(=O)(=O)C1. The van der Waals surface area contributed by atoms with Crippen molar-refractivity contribution in [2.75, 3.05) is 16.8 Å². The third-order valence-electron chi connectivity index (χ3n) is 2.76. The van der Waals surface area contributed by atoms with E-state index in [-0.39, 0.29) is 11.5 Å². The van der Waals surface area contributed by atoms with Gasteiger partial charge in [0.1, 0.15) is 6.07 Å². The minimum atomic E-state index is -2.99. The van der Waals surface area contributed by atoms with Crippen LogP contribution in [0.5, 0.6) is 0 Å². The molecular weight excluding hydrogens is 240 g/mol. The lowest BCUT2D eigenvalue weighted by Crippen LogP contribution is -2.36. The standard InChI is InChI=1S/C10H12N4O2S/c1-10(3-5-17(15,16)7-10)13-9-8(6-11)2-4-12-14-9/h2,4H,3,5,7H2,1H3,(H,13,14). The molecule has 1 aliphatic rings. The predicted octanol–water partition coefficient (Wildman–Crippen LogP) is 0.337. The number of nitriles is 1. The topological polar surface area (TPSA) is 95.7 Å². The van der Waals surface area contributed by atoms with Gasteiger partial charge in [-0.1, -0.05) is 0 Å². The van der Waals surface area contributed by atoms with Gasteiger partial charge in [-0.05, 0) is 19.4 Å². The molecule has 1 atom stereocenters. The van der Waals surface area contributed by atoms with Crippen LogP contribution in [0.4, 0.5) is 5.82 Å². The van der Waals surface area contributed by atoms with Gasteiger partial charge in [0.15, 0.2) is 15.7 Å². The van der Waals surface area contributed by atoms with Crippen LogP contribution in [0, 0.1) is 11.3 Å². The molecule has 0 spiro atoms. The van der Waals surface area contributed by atoms with Crippen molar-refractivity contribution in [3.05, 3.63) is 17.8 Å². The molecule has 0 aromatic carbocycles. The summed E-state index contributed by atoms with van der Waals surface area (Å²) in [4.78, 5) is 0. The Kier molecular flexibility index (Phi) is 2.75. The van der Waals surface area contributed by atoms with E-state index in [1.165, 1.54) is 6.20 Å². The number of anilines is 1. The third-order valence-corrected chi connectivity index (χ3v) is 4.67. The molecule has 7 heteroatoms. The smallest absolute Gasteiger partial charge is 0.167 e. The van der Waals surface area contributed by atoms with Crippen LogP contribution in [0.3, 0.4) is 0 Å². The van der Waals surface area contributed by atoms with E-state index in [9.17, 15) is 8.42 Å². The quantitative estimate of drug-likeness (QED) is 0.815. The normalized spacial score (nSPS) is 26.4. The van der Waals surface area contributed by atoms with E-state index in [1.807, 2.05) is 13.0 Å². The average Bonchev–Trinajstić information content (AvgIpc) is 2.53. The highest BCUT2D eigenvalue weighted by molar-refractivity contribution is 7.91. The molecule has 0 aliphatic carbocycles. The Morgan fingerprint density at radius 2 is 2.35 bits per heavy atom. The molecule has 1 saturated heterocycles. The molecule has 6 nitrogen and oxygen atoms in total. The second-order valence-electron chi connectivity index (χ2n) is 4.43. The molecule has 1 N–H and O–H groups in total. The summed E-state index contributed by atoms with van der Waals surface area (Å²) in [6.07, 6.45) is 1.94. The Balaban J connectivity index is 2.25. The van der Waals surface area contributed by atoms with Crippen molar-refractivity contribution >= 4 is 15.7 Å². The lowest BCUT2D eigenvalue weighted by Gasteiger charge is -2.24. The second-order valence-corrected chi connectivity index (χ2v) is 6.62. The Morgan fingerprint density at radius 3 is 2.94 bits per heavy atom. The first-order valence-electron chi connectivity index (χ1n) is 5.15. The van der Waals surface area contributed by atoms with E-state index < -0.39 is 15.4 Å². The van der Waals surface area contributed by atoms with Crippen molar-refractivity contribution in [3.8, 4) is 6.07 Å². The molecule has 0 saturated carbocycles. The van der Waals surface area contributed by atoms with E-state index in [1.54, 1.807) is 6.07 Å². The molecule has 0 amide bonds. The van der Waals surface area contributed by atoms with Crippen molar-refractivity contribution in [3.63, 3.8) is 0 Å². The number of hydrogen-bond acceptors (Lipinski definition) is 6. The van der Waals surface area contributed by atoms with E-state index >= 15 is 0 Å². The number of aromatic nitrogens is 2. The number of rotatable bonds is 2. The lowest BCUT2D eigenvalue weighted by molar-refractivity contribution is 0.570. The molecule has 0 radical (unpaired) electrons. The first kappa shape index (κ1) is 11.8. The van der Waals surface area contributed by atoms with Crippen molar-refractivity contribution in [1.82, 2.24) is 10.2 Å². The number of hydrogen-bond donors (Lipinski definition) is 1. The fraction of sp³-hybridized carbons (Fsp3) is 0.500. The van der Waals surface area contributed by atoms with Gasteiger partial charge in [-0.2, -0.15) is 10.4 Å². The van der Waals surface area contributed by atoms with Crippen molar-refractivity contribution in [2.45, 2.75) is 18.9 Å². The zero-order valence-electron chi connectivity index (χ0n) is 9.34. The summed E-state index contributed by atoms with van der Waals surface area (Å²) in [6.45, 7) is 1.81. The van der Waals surface area contributed by atoms with Gasteiger partial charge in [0.05, 0.1) is 28.8 Å². The molecule has 1 aromatic heterocycles. The zero-order chi connectivity index (χ0) is 12.5. The Hall–Kier alpha value is -1.68. The van der Waals surface area contributed by atoms with Gasteiger partial charge in [0.2, 0.25) is 0 Å². The van der Waals surface area contributed by atoms with Crippen LogP contribution in [-0.2, 0) is 9.84 Å². The van der Waals surface area contributed by atoms with E-state index in [2.05, 4.69) is 15.5 Å². The summed E-state index contributed by atoms with van der Waals surface area (Å²) in [6, 6.07) is 3.54. The van der Waals surface area contributed by atoms with Gasteiger partial charge in [0.25, 0.3) is 0 Å². The van der Waals surface area contributed by atoms with Crippen molar-refractivity contribution in [1.29, 1.82) is 5.26 Å². The van der Waals surface area contributed by atoms with Crippen LogP contribution in [0.2, 0.25) is 0 Å². The molecule has 1 unspecified atom stereocenters. The maximum absolute atomic E-state index is 11.4. The molecule has 2 heterocycles. The summed E-state index contributed by atoms with van der Waals surface area (Å²) in [7, 11) is -2.99. The highest BCUT2D eigenvalue weighted by atomic mass is 32.2. The first-order chi connectivity index (χ1) is 7.94. The number of sulfone groups is 1. The van der Waals surface area contributed by atoms with Gasteiger partial charge >= 0.3 is 0 Å². The molecule has 1 fully saturated rings. The lowest BCUT2D eigenvalue weighted by atomic mass is 10.0. The molecular formula is C10H12N4O2S. The van der Waals surface area contributed by atoms with Crippen LogP contribution < -0.4 is 5.32 Å². The summed E-state index contributed by atoms with van der Waals surface area (Å²) >= 11 is 0. The fourth-order valence-electron chi connectivity index (χ4n) is 1.91. The molecule has 1 aromatic rings. The van der Waals surface area contributed by atoms with E-state index in [0.717, 1.165) is 0 Å². The molecule has 17 heavy (non-hydrogen) atoms. The van der Waals surface area contributed by atoms with Crippen LogP contribution in [0.15, 0.2) is 12.3 Å². The summed E-state index contributed by atoms with van der Waals surface area (Å²) < 4.78 is 22.9. The van der Waals surface area contributed by atoms with Gasteiger partial charge in [-0.15, -0.1) is 5.10 Å². The van der Waals surface area contributed by atoms with Gasteiger partial charge in [0, 0.05) is 0 Å². The highest BCUT2D eigenvalue weighted by Gasteiger charge is 2.38. The van der Waals surface area contributed by atoms with Crippen LogP contribution in [-0.4, -0.2) is 35.7 Å². The largest absolute Gasteiger partial charge is 0.361 e. The summed E-state index contributed by atoms with van der Waals surface area (Å²) in [5.74, 6) is 0.565. The molecule has 1 aliphatic heterocycles. The van der Waals surface area contributed by atoms with Crippen LogP contribution in [0.1, 0.15) is 18.9 Å². The minimum absolute atomic E-state index is 0.0570. The monoisotopic (exact) mass is 252 g/mol. The average molecular weight is 252 g/mol. The van der Waals surface area contributed by atoms with Gasteiger partial charge < -0.3 is 5.32 Å². The van der Waals surface area contributed by atoms with Crippen molar-refractivity contribution in [2.24, 2.45) is 0 Å². The highest BCUT2D eigenvalue weighted by Crippen LogP contribution is 2.27. The maximum Gasteiger partial charge on any atom is 0.167 e. The van der Waals surface area contributed by atoms with Gasteiger partial charge in [-0.3, -0.25) is 0 Å². The Bertz CT molecular complexity index is 578. The van der Waals surface area contributed by atoms with Crippen molar-refractivity contribution < 1.29 is 8.42 Å². The second kappa shape index (κ2) is 3.96.